The number of hydrogen-bond acceptors (Lipinski definition) is 2. The van der Waals surface area contributed by atoms with Crippen LogP contribution in [0.25, 0.3) is 0 Å². The van der Waals surface area contributed by atoms with Crippen LogP contribution < -0.4 is 5.32 Å². The lowest BCUT2D eigenvalue weighted by Crippen LogP contribution is -2.33. The van der Waals surface area contributed by atoms with Crippen LogP contribution in [-0.2, 0) is 0 Å². The van der Waals surface area contributed by atoms with Crippen molar-refractivity contribution in [3.05, 3.63) is 35.1 Å². The first kappa shape index (κ1) is 13.9. The van der Waals surface area contributed by atoms with Crippen molar-refractivity contribution in [1.82, 2.24) is 5.32 Å². The van der Waals surface area contributed by atoms with Crippen LogP contribution in [0.2, 0.25) is 0 Å². The summed E-state index contributed by atoms with van der Waals surface area (Å²) >= 11 is 0. The first-order valence-electron chi connectivity index (χ1n) is 5.00. The van der Waals surface area contributed by atoms with Crippen molar-refractivity contribution in [2.45, 2.75) is 19.1 Å². The molecule has 0 aliphatic rings. The van der Waals surface area contributed by atoms with Crippen LogP contribution >= 0.6 is 0 Å². The van der Waals surface area contributed by atoms with E-state index >= 15 is 0 Å². The average molecular weight is 251 g/mol. The van der Waals surface area contributed by atoms with Crippen molar-refractivity contribution >= 4 is 0 Å². The van der Waals surface area contributed by atoms with Crippen molar-refractivity contribution in [2.24, 2.45) is 0 Å². The first-order valence-corrected chi connectivity index (χ1v) is 5.00. The van der Waals surface area contributed by atoms with Gasteiger partial charge in [-0.3, -0.25) is 5.32 Å². The molecule has 17 heavy (non-hydrogen) atoms. The Hall–Kier alpha value is -1.14. The highest BCUT2D eigenvalue weighted by atomic mass is 19.4. The van der Waals surface area contributed by atoms with Gasteiger partial charge in [-0.05, 0) is 24.1 Å². The molecular formula is C11H13F4NO. The summed E-state index contributed by atoms with van der Waals surface area (Å²) in [7, 11) is 0. The summed E-state index contributed by atoms with van der Waals surface area (Å²) in [6, 6.07) is 3.15. The third-order valence-electron chi connectivity index (χ3n) is 2.33. The van der Waals surface area contributed by atoms with Crippen molar-refractivity contribution in [2.75, 3.05) is 13.2 Å². The molecule has 0 saturated heterocycles. The van der Waals surface area contributed by atoms with Gasteiger partial charge < -0.3 is 5.11 Å². The second kappa shape index (κ2) is 5.46. The minimum atomic E-state index is -4.36. The normalized spacial score (nSPS) is 13.8. The zero-order valence-corrected chi connectivity index (χ0v) is 9.18. The highest BCUT2D eigenvalue weighted by Crippen LogP contribution is 2.19. The number of halogens is 4. The SMILES string of the molecule is Cc1ccc(C(CO)NCC(F)(F)F)cc1F. The van der Waals surface area contributed by atoms with E-state index in [1.54, 1.807) is 6.92 Å². The van der Waals surface area contributed by atoms with Gasteiger partial charge in [-0.1, -0.05) is 12.1 Å². The van der Waals surface area contributed by atoms with Gasteiger partial charge in [0.1, 0.15) is 5.82 Å². The van der Waals surface area contributed by atoms with E-state index in [9.17, 15) is 17.6 Å². The molecule has 96 valence electrons. The molecule has 1 aromatic rings. The van der Waals surface area contributed by atoms with Gasteiger partial charge in [0.15, 0.2) is 0 Å². The number of nitrogens with one attached hydrogen (secondary N) is 1. The third-order valence-corrected chi connectivity index (χ3v) is 2.33. The maximum absolute atomic E-state index is 13.2. The lowest BCUT2D eigenvalue weighted by atomic mass is 10.1. The molecule has 1 atom stereocenters. The zero-order chi connectivity index (χ0) is 13.1. The van der Waals surface area contributed by atoms with Crippen molar-refractivity contribution in [1.29, 1.82) is 0 Å². The Balaban J connectivity index is 2.76. The first-order chi connectivity index (χ1) is 7.83. The van der Waals surface area contributed by atoms with Gasteiger partial charge in [-0.15, -0.1) is 0 Å². The number of aliphatic hydroxyl groups is 1. The van der Waals surface area contributed by atoms with E-state index in [1.165, 1.54) is 12.1 Å². The standard InChI is InChI=1S/C11H13F4NO/c1-7-2-3-8(4-9(7)12)10(5-17)16-6-11(13,14)15/h2-4,10,16-17H,5-6H2,1H3. The van der Waals surface area contributed by atoms with Crippen LogP contribution in [0.15, 0.2) is 18.2 Å². The van der Waals surface area contributed by atoms with E-state index in [4.69, 9.17) is 5.11 Å². The molecule has 0 heterocycles. The van der Waals surface area contributed by atoms with Gasteiger partial charge in [0, 0.05) is 0 Å². The molecule has 6 heteroatoms. The van der Waals surface area contributed by atoms with Crippen LogP contribution in [0, 0.1) is 12.7 Å². The van der Waals surface area contributed by atoms with Crippen LogP contribution in [0.5, 0.6) is 0 Å². The highest BCUT2D eigenvalue weighted by Gasteiger charge is 2.28. The molecule has 0 fully saturated rings. The zero-order valence-electron chi connectivity index (χ0n) is 9.18. The van der Waals surface area contributed by atoms with Crippen LogP contribution in [-0.4, -0.2) is 24.4 Å². The number of alkyl halides is 3. The molecule has 1 rings (SSSR count). The molecule has 1 aromatic carbocycles. The van der Waals surface area contributed by atoms with Crippen molar-refractivity contribution in [3.63, 3.8) is 0 Å². The van der Waals surface area contributed by atoms with E-state index in [0.29, 0.717) is 11.1 Å². The number of hydrogen-bond donors (Lipinski definition) is 2. The molecule has 2 N–H and O–H groups in total. The smallest absolute Gasteiger partial charge is 0.394 e. The maximum atomic E-state index is 13.2. The summed E-state index contributed by atoms with van der Waals surface area (Å²) in [5, 5.41) is 11.1. The summed E-state index contributed by atoms with van der Waals surface area (Å²) in [6.07, 6.45) is -4.36. The van der Waals surface area contributed by atoms with Crippen LogP contribution in [0.1, 0.15) is 17.2 Å². The second-order valence-corrected chi connectivity index (χ2v) is 3.74. The largest absolute Gasteiger partial charge is 0.401 e. The van der Waals surface area contributed by atoms with Crippen LogP contribution in [0.4, 0.5) is 17.6 Å². The minimum absolute atomic E-state index is 0.292. The fraction of sp³-hybridized carbons (Fsp3) is 0.455. The van der Waals surface area contributed by atoms with Gasteiger partial charge in [-0.25, -0.2) is 4.39 Å². The summed E-state index contributed by atoms with van der Waals surface area (Å²) in [4.78, 5) is 0. The molecule has 0 bridgehead atoms. The molecule has 1 unspecified atom stereocenters. The lowest BCUT2D eigenvalue weighted by Gasteiger charge is -2.18. The summed E-state index contributed by atoms with van der Waals surface area (Å²) < 4.78 is 49.2. The number of benzene rings is 1. The molecule has 0 radical (unpaired) electrons. The van der Waals surface area contributed by atoms with Gasteiger partial charge in [0.25, 0.3) is 0 Å². The van der Waals surface area contributed by atoms with Crippen molar-refractivity contribution < 1.29 is 22.7 Å². The number of aryl methyl sites for hydroxylation is 1. The molecule has 0 saturated carbocycles. The Morgan fingerprint density at radius 1 is 1.35 bits per heavy atom. The quantitative estimate of drug-likeness (QED) is 0.805. The van der Waals surface area contributed by atoms with Gasteiger partial charge in [0.05, 0.1) is 19.2 Å². The Labute approximate surface area is 96.3 Å². The van der Waals surface area contributed by atoms with Gasteiger partial charge in [-0.2, -0.15) is 13.2 Å². The van der Waals surface area contributed by atoms with E-state index in [0.717, 1.165) is 6.07 Å². The van der Waals surface area contributed by atoms with Crippen molar-refractivity contribution in [3.8, 4) is 0 Å². The molecule has 0 aliphatic heterocycles. The fourth-order valence-corrected chi connectivity index (χ4v) is 1.35. The van der Waals surface area contributed by atoms with E-state index in [-0.39, 0.29) is 0 Å². The Morgan fingerprint density at radius 3 is 2.47 bits per heavy atom. The predicted molar refractivity (Wildman–Crippen MR) is 55.0 cm³/mol. The fourth-order valence-electron chi connectivity index (χ4n) is 1.35. The summed E-state index contributed by atoms with van der Waals surface area (Å²) in [5.74, 6) is -0.505. The van der Waals surface area contributed by atoms with Crippen LogP contribution in [0.3, 0.4) is 0 Å². The van der Waals surface area contributed by atoms with E-state index < -0.39 is 31.2 Å². The maximum Gasteiger partial charge on any atom is 0.401 e. The number of rotatable bonds is 4. The molecule has 2 nitrogen and oxygen atoms in total. The average Bonchev–Trinajstić information content (AvgIpc) is 2.22. The van der Waals surface area contributed by atoms with E-state index in [2.05, 4.69) is 5.32 Å². The Kier molecular flexibility index (Phi) is 4.47. The Morgan fingerprint density at radius 2 is 2.00 bits per heavy atom. The third kappa shape index (κ3) is 4.32. The molecule has 0 amide bonds. The molecule has 0 spiro atoms. The Bertz CT molecular complexity index is 378. The lowest BCUT2D eigenvalue weighted by molar-refractivity contribution is -0.126. The second-order valence-electron chi connectivity index (χ2n) is 3.74. The number of aliphatic hydroxyl groups excluding tert-OH is 1. The molecular weight excluding hydrogens is 238 g/mol. The summed E-state index contributed by atoms with van der Waals surface area (Å²) in [5.41, 5.74) is 0.695. The summed E-state index contributed by atoms with van der Waals surface area (Å²) in [6.45, 7) is -0.206. The van der Waals surface area contributed by atoms with Gasteiger partial charge in [0.2, 0.25) is 0 Å². The predicted octanol–water partition coefficient (Wildman–Crippen LogP) is 2.32. The van der Waals surface area contributed by atoms with Gasteiger partial charge >= 0.3 is 6.18 Å². The monoisotopic (exact) mass is 251 g/mol. The topological polar surface area (TPSA) is 32.3 Å². The van der Waals surface area contributed by atoms with E-state index in [1.807, 2.05) is 0 Å². The molecule has 0 aliphatic carbocycles. The highest BCUT2D eigenvalue weighted by molar-refractivity contribution is 5.25. The molecule has 0 aromatic heterocycles. The minimum Gasteiger partial charge on any atom is -0.394 e.